The molecule has 2 rings (SSSR count). The fraction of sp³-hybridized carbons (Fsp3) is 0.967. The molecule has 2 fully saturated rings. The number of piperidine rings is 2. The Bertz CT molecular complexity index is 581. The zero-order valence-electron chi connectivity index (χ0n) is 25.0. The summed E-state index contributed by atoms with van der Waals surface area (Å²) in [6.07, 6.45) is 12.8. The van der Waals surface area contributed by atoms with Crippen LogP contribution < -0.4 is 11.5 Å². The molecule has 1 amide bonds. The Labute approximate surface area is 229 Å². The lowest BCUT2D eigenvalue weighted by atomic mass is 9.89. The third-order valence-electron chi connectivity index (χ3n) is 9.38. The molecule has 0 aromatic rings. The van der Waals surface area contributed by atoms with E-state index in [1.165, 1.54) is 77.3 Å². The van der Waals surface area contributed by atoms with Crippen molar-refractivity contribution in [1.82, 2.24) is 19.6 Å². The lowest BCUT2D eigenvalue weighted by Crippen LogP contribution is -2.60. The molecule has 0 radical (unpaired) electrons. The fourth-order valence-electron chi connectivity index (χ4n) is 6.65. The highest BCUT2D eigenvalue weighted by atomic mass is 16.1. The topological polar surface area (TPSA) is 82.1 Å². The van der Waals surface area contributed by atoms with Crippen molar-refractivity contribution in [1.29, 1.82) is 0 Å². The second-order valence-electron chi connectivity index (χ2n) is 11.8. The number of nitrogens with zero attached hydrogens (tertiary/aromatic N) is 4. The van der Waals surface area contributed by atoms with Gasteiger partial charge in [-0.3, -0.25) is 9.69 Å². The Kier molecular flexibility index (Phi) is 16.3. The van der Waals surface area contributed by atoms with E-state index >= 15 is 0 Å². The molecule has 7 nitrogen and oxygen atoms in total. The van der Waals surface area contributed by atoms with Gasteiger partial charge in [-0.15, -0.1) is 0 Å². The number of hydrogen-bond donors (Lipinski definition) is 2. The molecule has 4 N–H and O–H groups in total. The van der Waals surface area contributed by atoms with Gasteiger partial charge in [0.1, 0.15) is 6.04 Å². The van der Waals surface area contributed by atoms with Gasteiger partial charge in [0.25, 0.3) is 0 Å². The zero-order valence-corrected chi connectivity index (χ0v) is 25.0. The molecule has 2 heterocycles. The standard InChI is InChI=1S/C30H62N6O/c1-5-33(6-2)19-11-9-13-26-15-21-35(22-16-26)25-28(31)29(30(32)37)36-23-17-27(18-24-36)14-10-12-20-34(7-3)8-4/h26-29H,5-25,31H2,1-4H3,(H2,32,37). The quantitative estimate of drug-likeness (QED) is 0.252. The monoisotopic (exact) mass is 522 g/mol. The van der Waals surface area contributed by atoms with Crippen LogP contribution in [0.2, 0.25) is 0 Å². The van der Waals surface area contributed by atoms with E-state index in [4.69, 9.17) is 11.5 Å². The van der Waals surface area contributed by atoms with Crippen molar-refractivity contribution in [3.63, 3.8) is 0 Å². The molecule has 37 heavy (non-hydrogen) atoms. The van der Waals surface area contributed by atoms with Crippen molar-refractivity contribution in [2.24, 2.45) is 23.3 Å². The molecule has 0 aromatic carbocycles. The van der Waals surface area contributed by atoms with Crippen LogP contribution in [0, 0.1) is 11.8 Å². The van der Waals surface area contributed by atoms with Crippen LogP contribution in [0.5, 0.6) is 0 Å². The number of carbonyl (C=O) groups is 1. The molecular formula is C30H62N6O. The molecule has 0 saturated carbocycles. The zero-order chi connectivity index (χ0) is 27.0. The predicted octanol–water partition coefficient (Wildman–Crippen LogP) is 3.62. The SMILES string of the molecule is CCN(CC)CCCCC1CCN(CC(N)C(C(N)=O)N2CCC(CCCCN(CC)CC)CC2)CC1. The molecule has 0 bridgehead atoms. The minimum absolute atomic E-state index is 0.200. The summed E-state index contributed by atoms with van der Waals surface area (Å²) in [4.78, 5) is 22.3. The summed E-state index contributed by atoms with van der Waals surface area (Å²) in [5.41, 5.74) is 12.6. The number of unbranched alkanes of at least 4 members (excludes halogenated alkanes) is 2. The van der Waals surface area contributed by atoms with Crippen LogP contribution >= 0.6 is 0 Å². The summed E-state index contributed by atoms with van der Waals surface area (Å²) >= 11 is 0. The van der Waals surface area contributed by atoms with Gasteiger partial charge < -0.3 is 26.2 Å². The third-order valence-corrected chi connectivity index (χ3v) is 9.38. The summed E-state index contributed by atoms with van der Waals surface area (Å²) in [7, 11) is 0. The van der Waals surface area contributed by atoms with Crippen molar-refractivity contribution in [3.05, 3.63) is 0 Å². The lowest BCUT2D eigenvalue weighted by molar-refractivity contribution is -0.124. The Hall–Kier alpha value is -0.730. The highest BCUT2D eigenvalue weighted by Crippen LogP contribution is 2.26. The molecule has 7 heteroatoms. The van der Waals surface area contributed by atoms with Crippen LogP contribution in [-0.2, 0) is 4.79 Å². The van der Waals surface area contributed by atoms with E-state index in [2.05, 4.69) is 47.3 Å². The van der Waals surface area contributed by atoms with Crippen molar-refractivity contribution in [3.8, 4) is 0 Å². The second kappa shape index (κ2) is 18.5. The maximum Gasteiger partial charge on any atom is 0.236 e. The average Bonchev–Trinajstić information content (AvgIpc) is 2.90. The van der Waals surface area contributed by atoms with Crippen molar-refractivity contribution in [2.75, 3.05) is 72.0 Å². The van der Waals surface area contributed by atoms with Crippen molar-refractivity contribution >= 4 is 5.91 Å². The molecule has 2 unspecified atom stereocenters. The maximum absolute atomic E-state index is 12.5. The van der Waals surface area contributed by atoms with Crippen LogP contribution in [0.15, 0.2) is 0 Å². The first-order chi connectivity index (χ1) is 17.9. The van der Waals surface area contributed by atoms with Crippen LogP contribution in [0.4, 0.5) is 0 Å². The van der Waals surface area contributed by atoms with Crippen LogP contribution in [0.1, 0.15) is 91.9 Å². The Morgan fingerprint density at radius 2 is 1.19 bits per heavy atom. The van der Waals surface area contributed by atoms with E-state index < -0.39 is 0 Å². The number of rotatable bonds is 19. The normalized spacial score (nSPS) is 20.6. The van der Waals surface area contributed by atoms with E-state index in [1.807, 2.05) is 0 Å². The van der Waals surface area contributed by atoms with E-state index in [-0.39, 0.29) is 18.0 Å². The number of nitrogens with two attached hydrogens (primary N) is 2. The predicted molar refractivity (Wildman–Crippen MR) is 158 cm³/mol. The molecule has 2 aliphatic heterocycles. The maximum atomic E-state index is 12.5. The van der Waals surface area contributed by atoms with Gasteiger partial charge in [-0.1, -0.05) is 53.4 Å². The second-order valence-corrected chi connectivity index (χ2v) is 11.8. The number of primary amides is 1. The number of amides is 1. The highest BCUT2D eigenvalue weighted by Gasteiger charge is 2.34. The Morgan fingerprint density at radius 1 is 0.757 bits per heavy atom. The molecule has 2 saturated heterocycles. The average molecular weight is 523 g/mol. The van der Waals surface area contributed by atoms with Gasteiger partial charge in [-0.05, 0) is 116 Å². The van der Waals surface area contributed by atoms with E-state index in [1.54, 1.807) is 0 Å². The first-order valence-electron chi connectivity index (χ1n) is 15.9. The Morgan fingerprint density at radius 3 is 1.59 bits per heavy atom. The van der Waals surface area contributed by atoms with Gasteiger partial charge in [0.2, 0.25) is 5.91 Å². The largest absolute Gasteiger partial charge is 0.368 e. The molecular weight excluding hydrogens is 460 g/mol. The van der Waals surface area contributed by atoms with E-state index in [0.717, 1.165) is 70.7 Å². The van der Waals surface area contributed by atoms with Crippen molar-refractivity contribution in [2.45, 2.75) is 104 Å². The summed E-state index contributed by atoms with van der Waals surface area (Å²) in [6, 6.07) is -0.532. The molecule has 0 spiro atoms. The molecule has 2 atom stereocenters. The first-order valence-corrected chi connectivity index (χ1v) is 15.9. The summed E-state index contributed by atoms with van der Waals surface area (Å²) in [5, 5.41) is 0. The van der Waals surface area contributed by atoms with E-state index in [0.29, 0.717) is 0 Å². The first kappa shape index (κ1) is 32.5. The van der Waals surface area contributed by atoms with Crippen LogP contribution in [-0.4, -0.2) is 110 Å². The van der Waals surface area contributed by atoms with Gasteiger partial charge in [-0.25, -0.2) is 0 Å². The van der Waals surface area contributed by atoms with Gasteiger partial charge >= 0.3 is 0 Å². The molecule has 2 aliphatic rings. The number of carbonyl (C=O) groups excluding carboxylic acids is 1. The minimum atomic E-state index is -0.332. The smallest absolute Gasteiger partial charge is 0.236 e. The number of hydrogen-bond acceptors (Lipinski definition) is 6. The Balaban J connectivity index is 1.66. The summed E-state index contributed by atoms with van der Waals surface area (Å²) in [5.74, 6) is 1.39. The minimum Gasteiger partial charge on any atom is -0.368 e. The summed E-state index contributed by atoms with van der Waals surface area (Å²) < 4.78 is 0. The van der Waals surface area contributed by atoms with Gasteiger partial charge in [0.05, 0.1) is 0 Å². The lowest BCUT2D eigenvalue weighted by Gasteiger charge is -2.41. The molecule has 218 valence electrons. The van der Waals surface area contributed by atoms with Crippen LogP contribution in [0.25, 0.3) is 0 Å². The van der Waals surface area contributed by atoms with Crippen LogP contribution in [0.3, 0.4) is 0 Å². The van der Waals surface area contributed by atoms with Gasteiger partial charge in [0, 0.05) is 12.6 Å². The van der Waals surface area contributed by atoms with Gasteiger partial charge in [-0.2, -0.15) is 0 Å². The molecule has 0 aromatic heterocycles. The third kappa shape index (κ3) is 11.9. The van der Waals surface area contributed by atoms with E-state index in [9.17, 15) is 4.79 Å². The highest BCUT2D eigenvalue weighted by molar-refractivity contribution is 5.80. The number of likely N-dealkylation sites (tertiary alicyclic amines) is 2. The fourth-order valence-corrected chi connectivity index (χ4v) is 6.65. The van der Waals surface area contributed by atoms with Gasteiger partial charge in [0.15, 0.2) is 0 Å². The molecule has 0 aliphatic carbocycles. The summed E-state index contributed by atoms with van der Waals surface area (Å²) in [6.45, 7) is 21.0. The van der Waals surface area contributed by atoms with Crippen molar-refractivity contribution < 1.29 is 4.79 Å².